The second kappa shape index (κ2) is 2.48. The molecule has 1 radical (unpaired) electrons. The first-order chi connectivity index (χ1) is 5.81. The number of methoxy groups -OCH3 is 1. The average molecular weight is 162 g/mol. The molecular weight excluding hydrogens is 154 g/mol. The van der Waals surface area contributed by atoms with Crippen molar-refractivity contribution in [2.75, 3.05) is 7.11 Å². The van der Waals surface area contributed by atoms with Crippen LogP contribution in [0.4, 0.5) is 0 Å². The molecule has 0 fully saturated rings. The van der Waals surface area contributed by atoms with Crippen LogP contribution in [0.1, 0.15) is 0 Å². The molecule has 0 bridgehead atoms. The lowest BCUT2D eigenvalue weighted by Crippen LogP contribution is -1.88. The van der Waals surface area contributed by atoms with Crippen LogP contribution in [-0.4, -0.2) is 21.6 Å². The molecule has 0 aliphatic carbocycles. The molecular formula is C8H8N3O. The average Bonchev–Trinajstić information content (AvgIpc) is 2.47. The van der Waals surface area contributed by atoms with Gasteiger partial charge >= 0.3 is 0 Å². The molecule has 2 rings (SSSR count). The molecule has 0 saturated heterocycles. The molecule has 2 heterocycles. The van der Waals surface area contributed by atoms with Crippen molar-refractivity contribution in [2.45, 2.75) is 0 Å². The summed E-state index contributed by atoms with van der Waals surface area (Å²) in [5.41, 5.74) is 1.81. The van der Waals surface area contributed by atoms with Crippen LogP contribution in [0.5, 0.6) is 5.88 Å². The molecule has 2 aromatic rings. The molecule has 4 nitrogen and oxygen atoms in total. The topological polar surface area (TPSA) is 39.9 Å². The van der Waals surface area contributed by atoms with E-state index in [1.54, 1.807) is 23.9 Å². The van der Waals surface area contributed by atoms with E-state index < -0.39 is 0 Å². The van der Waals surface area contributed by atoms with E-state index in [0.717, 1.165) is 11.0 Å². The Morgan fingerprint density at radius 2 is 2.42 bits per heavy atom. The minimum atomic E-state index is 0.578. The van der Waals surface area contributed by atoms with Gasteiger partial charge in [0.2, 0.25) is 5.88 Å². The highest BCUT2D eigenvalue weighted by Gasteiger charge is 2.01. The van der Waals surface area contributed by atoms with Gasteiger partial charge in [0.25, 0.3) is 0 Å². The summed E-state index contributed by atoms with van der Waals surface area (Å²) in [6, 6.07) is 1.78. The van der Waals surface area contributed by atoms with E-state index in [-0.39, 0.29) is 0 Å². The third kappa shape index (κ3) is 0.922. The number of hydrogen-bond acceptors (Lipinski definition) is 3. The quantitative estimate of drug-likeness (QED) is 0.622. The van der Waals surface area contributed by atoms with E-state index in [0.29, 0.717) is 5.88 Å². The maximum absolute atomic E-state index is 4.96. The molecule has 0 aliphatic heterocycles. The highest BCUT2D eigenvalue weighted by atomic mass is 16.5. The number of imidazole rings is 1. The number of fused-ring (bicyclic) bond motifs is 1. The van der Waals surface area contributed by atoms with E-state index in [9.17, 15) is 0 Å². The molecule has 12 heavy (non-hydrogen) atoms. The normalized spacial score (nSPS) is 10.5. The Morgan fingerprint density at radius 3 is 3.17 bits per heavy atom. The Kier molecular flexibility index (Phi) is 1.46. The van der Waals surface area contributed by atoms with Gasteiger partial charge in [-0.2, -0.15) is 0 Å². The van der Waals surface area contributed by atoms with Crippen molar-refractivity contribution in [3.05, 3.63) is 18.6 Å². The van der Waals surface area contributed by atoms with Gasteiger partial charge in [0, 0.05) is 13.1 Å². The predicted octanol–water partition coefficient (Wildman–Crippen LogP) is 0.777. The van der Waals surface area contributed by atoms with Crippen LogP contribution in [0, 0.1) is 6.33 Å². The molecule has 0 aliphatic rings. The molecule has 0 unspecified atom stereocenters. The van der Waals surface area contributed by atoms with Crippen molar-refractivity contribution in [2.24, 2.45) is 7.05 Å². The van der Waals surface area contributed by atoms with Crippen LogP contribution in [0.25, 0.3) is 11.0 Å². The van der Waals surface area contributed by atoms with Crippen LogP contribution in [0.15, 0.2) is 12.3 Å². The van der Waals surface area contributed by atoms with Crippen molar-refractivity contribution < 1.29 is 4.74 Å². The summed E-state index contributed by atoms with van der Waals surface area (Å²) >= 11 is 0. The molecule has 0 saturated carbocycles. The zero-order chi connectivity index (χ0) is 8.55. The molecule has 0 N–H and O–H groups in total. The third-order valence-corrected chi connectivity index (χ3v) is 1.73. The summed E-state index contributed by atoms with van der Waals surface area (Å²) in [6.45, 7) is 0. The molecule has 0 amide bonds. The largest absolute Gasteiger partial charge is 0.481 e. The lowest BCUT2D eigenvalue weighted by atomic mass is 10.4. The number of hydrogen-bond donors (Lipinski definition) is 0. The van der Waals surface area contributed by atoms with Gasteiger partial charge < -0.3 is 9.30 Å². The Balaban J connectivity index is 2.69. The summed E-state index contributed by atoms with van der Waals surface area (Å²) < 4.78 is 6.75. The Labute approximate surface area is 69.8 Å². The van der Waals surface area contributed by atoms with Gasteiger partial charge in [-0.25, -0.2) is 9.97 Å². The summed E-state index contributed by atoms with van der Waals surface area (Å²) in [5, 5.41) is 0. The maximum atomic E-state index is 4.96. The van der Waals surface area contributed by atoms with Crippen LogP contribution in [-0.2, 0) is 7.05 Å². The molecule has 4 heteroatoms. The number of aromatic nitrogens is 3. The minimum absolute atomic E-state index is 0.578. The van der Waals surface area contributed by atoms with E-state index >= 15 is 0 Å². The molecule has 0 aromatic carbocycles. The van der Waals surface area contributed by atoms with Crippen LogP contribution < -0.4 is 4.74 Å². The summed E-state index contributed by atoms with van der Waals surface area (Å²) in [6.07, 6.45) is 4.52. The van der Waals surface area contributed by atoms with E-state index in [1.807, 2.05) is 7.05 Å². The Bertz CT molecular complexity index is 408. The highest BCUT2D eigenvalue weighted by Crippen LogP contribution is 2.14. The van der Waals surface area contributed by atoms with Gasteiger partial charge in [0.15, 0.2) is 6.33 Å². The first-order valence-electron chi connectivity index (χ1n) is 3.55. The monoisotopic (exact) mass is 162 g/mol. The lowest BCUT2D eigenvalue weighted by Gasteiger charge is -1.97. The summed E-state index contributed by atoms with van der Waals surface area (Å²) in [5.74, 6) is 0.578. The summed E-state index contributed by atoms with van der Waals surface area (Å²) in [7, 11) is 3.46. The van der Waals surface area contributed by atoms with Crippen LogP contribution in [0.3, 0.4) is 0 Å². The van der Waals surface area contributed by atoms with Crippen molar-refractivity contribution in [1.29, 1.82) is 0 Å². The number of rotatable bonds is 1. The second-order valence-corrected chi connectivity index (χ2v) is 2.49. The first-order valence-corrected chi connectivity index (χ1v) is 3.55. The molecule has 0 atom stereocenters. The fourth-order valence-corrected chi connectivity index (χ4v) is 1.06. The van der Waals surface area contributed by atoms with Crippen molar-refractivity contribution in [3.63, 3.8) is 0 Å². The van der Waals surface area contributed by atoms with Gasteiger partial charge in [-0.05, 0) is 0 Å². The Hall–Kier alpha value is -1.58. The molecule has 61 valence electrons. The summed E-state index contributed by atoms with van der Waals surface area (Å²) in [4.78, 5) is 8.10. The van der Waals surface area contributed by atoms with Crippen molar-refractivity contribution >= 4 is 11.0 Å². The van der Waals surface area contributed by atoms with Crippen molar-refractivity contribution in [3.8, 4) is 5.88 Å². The highest BCUT2D eigenvalue weighted by molar-refractivity contribution is 5.74. The smallest absolute Gasteiger partial charge is 0.215 e. The number of aryl methyl sites for hydroxylation is 1. The maximum Gasteiger partial charge on any atom is 0.215 e. The second-order valence-electron chi connectivity index (χ2n) is 2.49. The van der Waals surface area contributed by atoms with Gasteiger partial charge in [0.05, 0.1) is 24.3 Å². The zero-order valence-electron chi connectivity index (χ0n) is 6.90. The van der Waals surface area contributed by atoms with Crippen LogP contribution >= 0.6 is 0 Å². The van der Waals surface area contributed by atoms with E-state index in [1.165, 1.54) is 0 Å². The van der Waals surface area contributed by atoms with Gasteiger partial charge in [-0.3, -0.25) is 0 Å². The van der Waals surface area contributed by atoms with Gasteiger partial charge in [-0.1, -0.05) is 0 Å². The molecule has 2 aromatic heterocycles. The number of ether oxygens (including phenoxy) is 1. The third-order valence-electron chi connectivity index (χ3n) is 1.73. The van der Waals surface area contributed by atoms with E-state index in [2.05, 4.69) is 16.3 Å². The van der Waals surface area contributed by atoms with Crippen molar-refractivity contribution in [1.82, 2.24) is 14.5 Å². The zero-order valence-corrected chi connectivity index (χ0v) is 6.90. The lowest BCUT2D eigenvalue weighted by molar-refractivity contribution is 0.398. The number of pyridine rings is 1. The first kappa shape index (κ1) is 7.09. The fraction of sp³-hybridized carbons (Fsp3) is 0.250. The standard InChI is InChI=1S/C8H8N3O/c1-11-5-10-6-3-8(12-2)9-4-7(6)11/h3-4H,1-2H3. The SMILES string of the molecule is COc1cc2n[c]n(C)c2cn1. The van der Waals surface area contributed by atoms with E-state index in [4.69, 9.17) is 4.74 Å². The number of nitrogens with zero attached hydrogens (tertiary/aromatic N) is 3. The Morgan fingerprint density at radius 1 is 1.58 bits per heavy atom. The fourth-order valence-electron chi connectivity index (χ4n) is 1.06. The predicted molar refractivity (Wildman–Crippen MR) is 43.9 cm³/mol. The van der Waals surface area contributed by atoms with Gasteiger partial charge in [0.1, 0.15) is 0 Å². The van der Waals surface area contributed by atoms with Gasteiger partial charge in [-0.15, -0.1) is 0 Å². The molecule has 0 spiro atoms. The van der Waals surface area contributed by atoms with Crippen LogP contribution in [0.2, 0.25) is 0 Å². The minimum Gasteiger partial charge on any atom is -0.481 e.